The molecule has 2 fully saturated rings. The zero-order valence-corrected chi connectivity index (χ0v) is 33.6. The van der Waals surface area contributed by atoms with E-state index in [2.05, 4.69) is 50.9 Å². The first-order chi connectivity index (χ1) is 26.9. The Bertz CT molecular complexity index is 2340. The van der Waals surface area contributed by atoms with Crippen LogP contribution in [0.25, 0.3) is 42.8 Å². The second-order valence-electron chi connectivity index (χ2n) is 16.1. The molecule has 0 unspecified atom stereocenters. The summed E-state index contributed by atoms with van der Waals surface area (Å²) in [6.45, 7) is 10.4. The molecule has 8 rings (SSSR count). The van der Waals surface area contributed by atoms with Crippen LogP contribution in [0.5, 0.6) is 0 Å². The van der Waals surface area contributed by atoms with Gasteiger partial charge in [-0.15, -0.1) is 11.3 Å². The van der Waals surface area contributed by atoms with Crippen LogP contribution in [0.15, 0.2) is 36.4 Å². The van der Waals surface area contributed by atoms with E-state index in [1.807, 2.05) is 43.6 Å². The first-order valence-electron chi connectivity index (χ1n) is 19.8. The summed E-state index contributed by atoms with van der Waals surface area (Å²) in [5.74, 6) is 1.06. The number of aromatic amines is 2. The molecule has 1 aliphatic carbocycles. The van der Waals surface area contributed by atoms with Crippen molar-refractivity contribution in [1.82, 2.24) is 40.4 Å². The molecule has 0 saturated carbocycles. The summed E-state index contributed by atoms with van der Waals surface area (Å²) >= 11 is 1.76. The van der Waals surface area contributed by atoms with E-state index in [9.17, 15) is 19.2 Å². The fraction of sp³-hybridized carbons (Fsp3) is 0.476. The molecule has 3 aromatic heterocycles. The maximum atomic E-state index is 13.7. The van der Waals surface area contributed by atoms with Gasteiger partial charge in [0.2, 0.25) is 17.7 Å². The third-order valence-corrected chi connectivity index (χ3v) is 12.9. The highest BCUT2D eigenvalue weighted by Gasteiger charge is 2.39. The number of benzene rings is 2. The molecule has 56 heavy (non-hydrogen) atoms. The number of rotatable bonds is 9. The molecule has 4 N–H and O–H groups in total. The topological polar surface area (TPSA) is 165 Å². The Morgan fingerprint density at radius 3 is 2.14 bits per heavy atom. The van der Waals surface area contributed by atoms with Gasteiger partial charge in [-0.1, -0.05) is 45.9 Å². The van der Waals surface area contributed by atoms with Crippen molar-refractivity contribution < 1.29 is 23.9 Å². The zero-order valence-electron chi connectivity index (χ0n) is 32.8. The number of fused-ring (bicyclic) bond motifs is 6. The summed E-state index contributed by atoms with van der Waals surface area (Å²) in [4.78, 5) is 74.8. The molecule has 5 heterocycles. The van der Waals surface area contributed by atoms with Crippen molar-refractivity contribution in [1.29, 1.82) is 0 Å². The molecule has 13 nitrogen and oxygen atoms in total. The minimum absolute atomic E-state index is 0.0235. The van der Waals surface area contributed by atoms with E-state index >= 15 is 0 Å². The van der Waals surface area contributed by atoms with E-state index in [1.165, 1.54) is 29.4 Å². The van der Waals surface area contributed by atoms with Crippen molar-refractivity contribution in [2.24, 2.45) is 11.8 Å². The van der Waals surface area contributed by atoms with Gasteiger partial charge in [0.15, 0.2) is 0 Å². The lowest BCUT2D eigenvalue weighted by atomic mass is 9.98. The molecular weight excluding hydrogens is 729 g/mol. The average Bonchev–Trinajstić information content (AvgIpc) is 4.02. The number of methoxy groups -OCH3 is 1. The largest absolute Gasteiger partial charge is 0.453 e. The number of alkyl carbamates (subject to hydrolysis) is 1. The summed E-state index contributed by atoms with van der Waals surface area (Å²) in [7, 11) is 1.30. The Morgan fingerprint density at radius 2 is 1.50 bits per heavy atom. The SMILES string of the molecule is COC(=O)N[C@H](C(=O)N1CCC[C@H]1c1nc2ccc3cc(-c4cc5c(s4)-c4[nH]c([C@@H]6CCCN6C(=O)[C@@H](NC(C)=O)C(C)C)nc4CC5)ccc3c2[nH]1)C(C)C. The van der Waals surface area contributed by atoms with Gasteiger partial charge in [-0.2, -0.15) is 0 Å². The van der Waals surface area contributed by atoms with Gasteiger partial charge in [-0.25, -0.2) is 14.8 Å². The van der Waals surface area contributed by atoms with Crippen molar-refractivity contribution in [2.75, 3.05) is 20.2 Å². The Hall–Kier alpha value is -5.24. The minimum atomic E-state index is -0.690. The molecular formula is C42H50N8O5S. The number of hydrogen-bond donors (Lipinski definition) is 4. The molecule has 0 radical (unpaired) electrons. The van der Waals surface area contributed by atoms with Gasteiger partial charge in [0, 0.05) is 30.3 Å². The lowest BCUT2D eigenvalue weighted by Gasteiger charge is -2.30. The Labute approximate surface area is 330 Å². The first-order valence-corrected chi connectivity index (χ1v) is 20.6. The van der Waals surface area contributed by atoms with E-state index in [-0.39, 0.29) is 41.6 Å². The number of imidazole rings is 2. The van der Waals surface area contributed by atoms with Gasteiger partial charge in [0.1, 0.15) is 23.7 Å². The number of aryl methyl sites for hydroxylation is 2. The fourth-order valence-corrected chi connectivity index (χ4v) is 9.96. The number of nitrogens with one attached hydrogen (secondary N) is 4. The Balaban J connectivity index is 1.04. The van der Waals surface area contributed by atoms with Crippen LogP contribution in [0.1, 0.15) is 95.3 Å². The van der Waals surface area contributed by atoms with Gasteiger partial charge in [-0.05, 0) is 85.1 Å². The van der Waals surface area contributed by atoms with Crippen LogP contribution < -0.4 is 10.6 Å². The smallest absolute Gasteiger partial charge is 0.407 e. The van der Waals surface area contributed by atoms with Gasteiger partial charge in [0.05, 0.1) is 46.5 Å². The first kappa shape index (κ1) is 37.7. The molecule has 2 saturated heterocycles. The van der Waals surface area contributed by atoms with Crippen LogP contribution in [0.4, 0.5) is 4.79 Å². The second kappa shape index (κ2) is 15.0. The highest BCUT2D eigenvalue weighted by atomic mass is 32.1. The highest BCUT2D eigenvalue weighted by Crippen LogP contribution is 2.44. The van der Waals surface area contributed by atoms with E-state index in [1.54, 1.807) is 11.3 Å². The van der Waals surface area contributed by atoms with Gasteiger partial charge in [-0.3, -0.25) is 14.4 Å². The zero-order chi connectivity index (χ0) is 39.4. The van der Waals surface area contributed by atoms with Crippen molar-refractivity contribution >= 4 is 57.0 Å². The molecule has 2 aliphatic heterocycles. The summed E-state index contributed by atoms with van der Waals surface area (Å²) in [5, 5.41) is 7.74. The number of hydrogen-bond acceptors (Lipinski definition) is 8. The third kappa shape index (κ3) is 6.81. The van der Waals surface area contributed by atoms with E-state index in [4.69, 9.17) is 14.7 Å². The quantitative estimate of drug-likeness (QED) is 0.128. The predicted octanol–water partition coefficient (Wildman–Crippen LogP) is 6.80. The van der Waals surface area contributed by atoms with Gasteiger partial charge >= 0.3 is 6.09 Å². The number of H-pyrrole nitrogens is 2. The number of carbonyl (C=O) groups excluding carboxylic acids is 4. The molecule has 3 aliphatic rings. The standard InChI is InChI=1S/C42H50N8O5S/c1-21(2)33(43-23(5)51)40(52)49-17-8-10-31(49)39-45-29-16-13-26-20-32(56-37(26)36(29)47-39)25-11-14-27-24(19-25)12-15-28-35(27)46-38(44-28)30-9-7-18-50(30)41(53)34(22(3)4)48-42(54)55-6/h11-12,14-15,19-22,30-31,33-34H,7-10,13,16-18H2,1-6H3,(H,43,51)(H,44,46)(H,45,47)(H,48,54)/t30-,31-,33-,34-/m0/s1. The molecule has 0 bridgehead atoms. The number of likely N-dealkylation sites (tertiary alicyclic amines) is 2. The summed E-state index contributed by atoms with van der Waals surface area (Å²) in [6.07, 6.45) is 4.47. The van der Waals surface area contributed by atoms with Crippen molar-refractivity contribution in [3.63, 3.8) is 0 Å². The predicted molar refractivity (Wildman–Crippen MR) is 216 cm³/mol. The molecule has 4 atom stereocenters. The van der Waals surface area contributed by atoms with Crippen molar-refractivity contribution in [2.45, 2.75) is 97.3 Å². The van der Waals surface area contributed by atoms with E-state index in [0.717, 1.165) is 88.9 Å². The molecule has 294 valence electrons. The number of aromatic nitrogens is 4. The second-order valence-corrected chi connectivity index (χ2v) is 17.1. The lowest BCUT2D eigenvalue weighted by molar-refractivity contribution is -0.138. The summed E-state index contributed by atoms with van der Waals surface area (Å²) < 4.78 is 4.79. The van der Waals surface area contributed by atoms with Crippen LogP contribution in [-0.2, 0) is 32.0 Å². The average molecular weight is 779 g/mol. The van der Waals surface area contributed by atoms with Crippen LogP contribution >= 0.6 is 11.3 Å². The highest BCUT2D eigenvalue weighted by molar-refractivity contribution is 7.19. The van der Waals surface area contributed by atoms with Crippen LogP contribution in [0.2, 0.25) is 0 Å². The number of nitrogens with zero attached hydrogens (tertiary/aromatic N) is 4. The molecule has 5 aromatic rings. The Kier molecular flexibility index (Phi) is 10.1. The third-order valence-electron chi connectivity index (χ3n) is 11.6. The van der Waals surface area contributed by atoms with Gasteiger partial charge in [0.25, 0.3) is 0 Å². The maximum Gasteiger partial charge on any atom is 0.407 e. The normalized spacial score (nSPS) is 19.1. The summed E-state index contributed by atoms with van der Waals surface area (Å²) in [5.41, 5.74) is 6.30. The molecule has 4 amide bonds. The minimum Gasteiger partial charge on any atom is -0.453 e. The number of ether oxygens (including phenoxy) is 1. The van der Waals surface area contributed by atoms with Crippen LogP contribution in [-0.4, -0.2) is 85.8 Å². The maximum absolute atomic E-state index is 13.7. The molecule has 2 aromatic carbocycles. The van der Waals surface area contributed by atoms with E-state index < -0.39 is 18.2 Å². The number of amides is 4. The van der Waals surface area contributed by atoms with Crippen molar-refractivity contribution in [3.05, 3.63) is 59.3 Å². The van der Waals surface area contributed by atoms with E-state index in [0.29, 0.717) is 13.1 Å². The van der Waals surface area contributed by atoms with Crippen LogP contribution in [0, 0.1) is 11.8 Å². The monoisotopic (exact) mass is 778 g/mol. The molecule has 0 spiro atoms. The number of thiophene rings is 1. The number of carbonyl (C=O) groups is 4. The van der Waals surface area contributed by atoms with Gasteiger partial charge < -0.3 is 35.1 Å². The lowest BCUT2D eigenvalue weighted by Crippen LogP contribution is -2.51. The summed E-state index contributed by atoms with van der Waals surface area (Å²) in [6, 6.07) is 11.4. The van der Waals surface area contributed by atoms with Crippen LogP contribution in [0.3, 0.4) is 0 Å². The fourth-order valence-electron chi connectivity index (χ4n) is 8.74. The molecule has 14 heteroatoms. The Morgan fingerprint density at radius 1 is 0.839 bits per heavy atom. The van der Waals surface area contributed by atoms with Crippen molar-refractivity contribution in [3.8, 4) is 21.0 Å².